The van der Waals surface area contributed by atoms with Crippen LogP contribution in [0.2, 0.25) is 0 Å². The second-order valence-corrected chi connectivity index (χ2v) is 6.32. The summed E-state index contributed by atoms with van der Waals surface area (Å²) in [6, 6.07) is 5.73. The lowest BCUT2D eigenvalue weighted by Gasteiger charge is -2.23. The maximum absolute atomic E-state index is 14.1. The average molecular weight is 250 g/mol. The zero-order valence-corrected chi connectivity index (χ0v) is 11.6. The van der Waals surface area contributed by atoms with Gasteiger partial charge in [0.1, 0.15) is 5.82 Å². The molecule has 1 aromatic carbocycles. The van der Waals surface area contributed by atoms with Crippen molar-refractivity contribution in [2.24, 2.45) is 5.92 Å². The SMILES string of the molecule is CC(C)(C)c1ccc(CC2CCOCC2)c(F)c1. The van der Waals surface area contributed by atoms with Crippen LogP contribution < -0.4 is 0 Å². The quantitative estimate of drug-likeness (QED) is 0.768. The first-order chi connectivity index (χ1) is 8.47. The maximum Gasteiger partial charge on any atom is 0.126 e. The Morgan fingerprint density at radius 1 is 1.22 bits per heavy atom. The molecular weight excluding hydrogens is 227 g/mol. The predicted molar refractivity (Wildman–Crippen MR) is 72.3 cm³/mol. The van der Waals surface area contributed by atoms with Crippen LogP contribution in [0.4, 0.5) is 4.39 Å². The van der Waals surface area contributed by atoms with E-state index in [-0.39, 0.29) is 11.2 Å². The van der Waals surface area contributed by atoms with E-state index in [0.29, 0.717) is 5.92 Å². The van der Waals surface area contributed by atoms with Crippen LogP contribution in [0.1, 0.15) is 44.7 Å². The monoisotopic (exact) mass is 250 g/mol. The molecule has 0 amide bonds. The van der Waals surface area contributed by atoms with Crippen molar-refractivity contribution in [3.8, 4) is 0 Å². The average Bonchev–Trinajstić information content (AvgIpc) is 2.32. The number of hydrogen-bond acceptors (Lipinski definition) is 1. The third-order valence-corrected chi connectivity index (χ3v) is 3.77. The van der Waals surface area contributed by atoms with Crippen molar-refractivity contribution in [1.29, 1.82) is 0 Å². The summed E-state index contributed by atoms with van der Waals surface area (Å²) in [5.74, 6) is 0.530. The zero-order valence-electron chi connectivity index (χ0n) is 11.6. The molecule has 100 valence electrons. The van der Waals surface area contributed by atoms with Crippen LogP contribution in [-0.4, -0.2) is 13.2 Å². The Balaban J connectivity index is 2.09. The number of rotatable bonds is 2. The second kappa shape index (κ2) is 5.40. The first-order valence-electron chi connectivity index (χ1n) is 6.83. The summed E-state index contributed by atoms with van der Waals surface area (Å²) in [6.45, 7) is 7.98. The number of ether oxygens (including phenoxy) is 1. The summed E-state index contributed by atoms with van der Waals surface area (Å²) in [4.78, 5) is 0. The molecule has 0 spiro atoms. The fraction of sp³-hybridized carbons (Fsp3) is 0.625. The standard InChI is InChI=1S/C16H23FO/c1-16(2,3)14-5-4-13(15(17)11-14)10-12-6-8-18-9-7-12/h4-5,11-12H,6-10H2,1-3H3. The van der Waals surface area contributed by atoms with Crippen LogP contribution >= 0.6 is 0 Å². The number of hydrogen-bond donors (Lipinski definition) is 0. The van der Waals surface area contributed by atoms with Crippen LogP contribution in [0, 0.1) is 11.7 Å². The minimum absolute atomic E-state index is 0.0120. The molecule has 1 aliphatic heterocycles. The Kier molecular flexibility index (Phi) is 4.06. The van der Waals surface area contributed by atoms with E-state index in [4.69, 9.17) is 4.74 Å². The Labute approximate surface area is 109 Å². The van der Waals surface area contributed by atoms with Crippen molar-refractivity contribution >= 4 is 0 Å². The van der Waals surface area contributed by atoms with Crippen molar-refractivity contribution < 1.29 is 9.13 Å². The van der Waals surface area contributed by atoms with Gasteiger partial charge in [-0.05, 0) is 47.8 Å². The Morgan fingerprint density at radius 2 is 1.89 bits per heavy atom. The second-order valence-electron chi connectivity index (χ2n) is 6.32. The summed E-state index contributed by atoms with van der Waals surface area (Å²) in [5.41, 5.74) is 1.93. The highest BCUT2D eigenvalue weighted by molar-refractivity contribution is 5.29. The topological polar surface area (TPSA) is 9.23 Å². The lowest BCUT2D eigenvalue weighted by Crippen LogP contribution is -2.18. The van der Waals surface area contributed by atoms with Gasteiger partial charge in [0.15, 0.2) is 0 Å². The van der Waals surface area contributed by atoms with Crippen molar-refractivity contribution in [3.63, 3.8) is 0 Å². The molecule has 0 aromatic heterocycles. The highest BCUT2D eigenvalue weighted by Gasteiger charge is 2.19. The fourth-order valence-corrected chi connectivity index (χ4v) is 2.44. The van der Waals surface area contributed by atoms with Crippen LogP contribution in [0.5, 0.6) is 0 Å². The molecule has 1 saturated heterocycles. The number of benzene rings is 1. The van der Waals surface area contributed by atoms with Gasteiger partial charge in [-0.1, -0.05) is 32.9 Å². The smallest absolute Gasteiger partial charge is 0.126 e. The molecule has 0 atom stereocenters. The zero-order chi connectivity index (χ0) is 13.2. The van der Waals surface area contributed by atoms with Gasteiger partial charge in [0.25, 0.3) is 0 Å². The summed E-state index contributed by atoms with van der Waals surface area (Å²) in [6.07, 6.45) is 2.96. The Hall–Kier alpha value is -0.890. The number of halogens is 1. The van der Waals surface area contributed by atoms with E-state index < -0.39 is 0 Å². The first-order valence-corrected chi connectivity index (χ1v) is 6.83. The molecule has 0 aliphatic carbocycles. The molecule has 1 aromatic rings. The van der Waals surface area contributed by atoms with E-state index in [2.05, 4.69) is 26.8 Å². The van der Waals surface area contributed by atoms with Gasteiger partial charge in [0.05, 0.1) is 0 Å². The molecule has 0 N–H and O–H groups in total. The lowest BCUT2D eigenvalue weighted by atomic mass is 9.85. The maximum atomic E-state index is 14.1. The van der Waals surface area contributed by atoms with Crippen LogP contribution in [0.25, 0.3) is 0 Å². The molecule has 1 aliphatic rings. The molecule has 1 nitrogen and oxygen atoms in total. The molecule has 2 rings (SSSR count). The van der Waals surface area contributed by atoms with Crippen LogP contribution in [-0.2, 0) is 16.6 Å². The van der Waals surface area contributed by atoms with Gasteiger partial charge in [-0.15, -0.1) is 0 Å². The normalized spacial score (nSPS) is 18.0. The predicted octanol–water partition coefficient (Wildman–Crippen LogP) is 4.09. The van der Waals surface area contributed by atoms with Gasteiger partial charge in [0, 0.05) is 13.2 Å². The highest BCUT2D eigenvalue weighted by Crippen LogP contribution is 2.26. The third-order valence-electron chi connectivity index (χ3n) is 3.77. The van der Waals surface area contributed by atoms with Crippen molar-refractivity contribution in [1.82, 2.24) is 0 Å². The minimum Gasteiger partial charge on any atom is -0.381 e. The van der Waals surface area contributed by atoms with E-state index in [1.165, 1.54) is 0 Å². The van der Waals surface area contributed by atoms with Gasteiger partial charge in [0.2, 0.25) is 0 Å². The van der Waals surface area contributed by atoms with Gasteiger partial charge in [-0.2, -0.15) is 0 Å². The molecule has 0 radical (unpaired) electrons. The fourth-order valence-electron chi connectivity index (χ4n) is 2.44. The van der Waals surface area contributed by atoms with Gasteiger partial charge < -0.3 is 4.74 Å². The van der Waals surface area contributed by atoms with Crippen molar-refractivity contribution in [2.45, 2.75) is 45.4 Å². The molecule has 1 fully saturated rings. The van der Waals surface area contributed by atoms with E-state index >= 15 is 0 Å². The van der Waals surface area contributed by atoms with Crippen molar-refractivity contribution in [2.75, 3.05) is 13.2 Å². The first kappa shape index (κ1) is 13.5. The van der Waals surface area contributed by atoms with E-state index in [1.807, 2.05) is 6.07 Å². The van der Waals surface area contributed by atoms with Gasteiger partial charge in [-0.25, -0.2) is 4.39 Å². The third kappa shape index (κ3) is 3.32. The molecule has 2 heteroatoms. The minimum atomic E-state index is -0.0473. The summed E-state index contributed by atoms with van der Waals surface area (Å²) >= 11 is 0. The molecule has 0 bridgehead atoms. The van der Waals surface area contributed by atoms with Crippen LogP contribution in [0.3, 0.4) is 0 Å². The molecule has 0 saturated carbocycles. The molecule has 1 heterocycles. The lowest BCUT2D eigenvalue weighted by molar-refractivity contribution is 0.0663. The Bertz CT molecular complexity index is 400. The summed E-state index contributed by atoms with van der Waals surface area (Å²) in [5, 5.41) is 0. The van der Waals surface area contributed by atoms with Gasteiger partial charge >= 0.3 is 0 Å². The molecule has 18 heavy (non-hydrogen) atoms. The van der Waals surface area contributed by atoms with E-state index in [0.717, 1.165) is 43.6 Å². The van der Waals surface area contributed by atoms with Crippen LogP contribution in [0.15, 0.2) is 18.2 Å². The summed E-state index contributed by atoms with van der Waals surface area (Å²) in [7, 11) is 0. The Morgan fingerprint density at radius 3 is 2.44 bits per heavy atom. The van der Waals surface area contributed by atoms with Crippen molar-refractivity contribution in [3.05, 3.63) is 35.1 Å². The van der Waals surface area contributed by atoms with Gasteiger partial charge in [-0.3, -0.25) is 0 Å². The van der Waals surface area contributed by atoms with E-state index in [1.54, 1.807) is 6.07 Å². The molecule has 0 unspecified atom stereocenters. The highest BCUT2D eigenvalue weighted by atomic mass is 19.1. The summed E-state index contributed by atoms with van der Waals surface area (Å²) < 4.78 is 19.4. The molecular formula is C16H23FO. The largest absolute Gasteiger partial charge is 0.381 e. The van der Waals surface area contributed by atoms with E-state index in [9.17, 15) is 4.39 Å².